The summed E-state index contributed by atoms with van der Waals surface area (Å²) < 4.78 is 13.3. The van der Waals surface area contributed by atoms with Crippen molar-refractivity contribution < 1.29 is 4.39 Å². The van der Waals surface area contributed by atoms with Crippen molar-refractivity contribution in [3.63, 3.8) is 0 Å². The summed E-state index contributed by atoms with van der Waals surface area (Å²) in [5, 5.41) is 0. The molecule has 14 heavy (non-hydrogen) atoms. The molecule has 1 radical (unpaired) electrons. The summed E-state index contributed by atoms with van der Waals surface area (Å²) >= 11 is 0. The Morgan fingerprint density at radius 2 is 1.79 bits per heavy atom. The number of hydrogen-bond donors (Lipinski definition) is 1. The van der Waals surface area contributed by atoms with Crippen molar-refractivity contribution in [1.29, 1.82) is 0 Å². The van der Waals surface area contributed by atoms with Gasteiger partial charge in [0.2, 0.25) is 0 Å². The molecular weight excluding hydrogens is 177 g/mol. The van der Waals surface area contributed by atoms with Gasteiger partial charge in [-0.05, 0) is 35.9 Å². The highest BCUT2D eigenvalue weighted by molar-refractivity contribution is 5.65. The number of benzene rings is 2. The van der Waals surface area contributed by atoms with E-state index in [0.717, 1.165) is 5.56 Å². The number of nitrogen functional groups attached to an aromatic ring is 1. The molecule has 0 saturated carbocycles. The van der Waals surface area contributed by atoms with Crippen LogP contribution in [0.2, 0.25) is 0 Å². The van der Waals surface area contributed by atoms with Crippen molar-refractivity contribution in [3.8, 4) is 11.1 Å². The average molecular weight is 186 g/mol. The molecule has 1 nitrogen and oxygen atoms in total. The van der Waals surface area contributed by atoms with Gasteiger partial charge in [0.05, 0.1) is 0 Å². The van der Waals surface area contributed by atoms with Gasteiger partial charge in [-0.1, -0.05) is 18.2 Å². The molecule has 0 spiro atoms. The fourth-order valence-electron chi connectivity index (χ4n) is 1.30. The molecule has 0 bridgehead atoms. The SMILES string of the molecule is Nc1ccc(-c2c[c]ccc2F)cc1. The maximum atomic E-state index is 13.3. The predicted molar refractivity (Wildman–Crippen MR) is 55.1 cm³/mol. The normalized spacial score (nSPS) is 10.1. The van der Waals surface area contributed by atoms with Gasteiger partial charge >= 0.3 is 0 Å². The lowest BCUT2D eigenvalue weighted by molar-refractivity contribution is 0.631. The van der Waals surface area contributed by atoms with Crippen molar-refractivity contribution in [1.82, 2.24) is 0 Å². The first kappa shape index (κ1) is 8.75. The first-order valence-electron chi connectivity index (χ1n) is 4.29. The topological polar surface area (TPSA) is 26.0 Å². The van der Waals surface area contributed by atoms with Crippen LogP contribution in [0.25, 0.3) is 11.1 Å². The first-order valence-corrected chi connectivity index (χ1v) is 4.29. The van der Waals surface area contributed by atoms with Gasteiger partial charge in [-0.3, -0.25) is 0 Å². The van der Waals surface area contributed by atoms with Crippen LogP contribution in [-0.4, -0.2) is 0 Å². The fraction of sp³-hybridized carbons (Fsp3) is 0. The molecule has 2 aromatic rings. The fourth-order valence-corrected chi connectivity index (χ4v) is 1.30. The van der Waals surface area contributed by atoms with E-state index in [9.17, 15) is 4.39 Å². The number of rotatable bonds is 1. The smallest absolute Gasteiger partial charge is 0.131 e. The molecular formula is C12H9FN. The third-order valence-electron chi connectivity index (χ3n) is 2.03. The van der Waals surface area contributed by atoms with Gasteiger partial charge in [-0.15, -0.1) is 0 Å². The zero-order valence-corrected chi connectivity index (χ0v) is 7.50. The standard InChI is InChI=1S/C12H9FN/c13-12-4-2-1-3-11(12)9-5-7-10(14)8-6-9/h2-8H,14H2. The second kappa shape index (κ2) is 3.50. The summed E-state index contributed by atoms with van der Waals surface area (Å²) in [6, 6.07) is 14.5. The minimum absolute atomic E-state index is 0.242. The van der Waals surface area contributed by atoms with Crippen LogP contribution < -0.4 is 5.73 Å². The monoisotopic (exact) mass is 186 g/mol. The molecule has 0 amide bonds. The Hall–Kier alpha value is -1.83. The Labute approximate surface area is 82.0 Å². The molecule has 0 aliphatic heterocycles. The summed E-state index contributed by atoms with van der Waals surface area (Å²) in [6.07, 6.45) is 0. The Morgan fingerprint density at radius 3 is 2.43 bits per heavy atom. The summed E-state index contributed by atoms with van der Waals surface area (Å²) in [4.78, 5) is 0. The third-order valence-corrected chi connectivity index (χ3v) is 2.03. The van der Waals surface area contributed by atoms with E-state index in [2.05, 4.69) is 6.07 Å². The van der Waals surface area contributed by atoms with Crippen molar-refractivity contribution in [2.75, 3.05) is 5.73 Å². The highest BCUT2D eigenvalue weighted by Crippen LogP contribution is 2.22. The Balaban J connectivity index is 2.50. The van der Waals surface area contributed by atoms with Crippen LogP contribution in [0.4, 0.5) is 10.1 Å². The molecule has 2 aromatic carbocycles. The van der Waals surface area contributed by atoms with Gasteiger partial charge in [0.15, 0.2) is 0 Å². The largest absolute Gasteiger partial charge is 0.399 e. The van der Waals surface area contributed by atoms with Gasteiger partial charge in [0.25, 0.3) is 0 Å². The van der Waals surface area contributed by atoms with Gasteiger partial charge < -0.3 is 5.73 Å². The lowest BCUT2D eigenvalue weighted by Crippen LogP contribution is -1.86. The van der Waals surface area contributed by atoms with Gasteiger partial charge in [-0.25, -0.2) is 4.39 Å². The molecule has 0 aromatic heterocycles. The van der Waals surface area contributed by atoms with Crippen LogP contribution in [0.1, 0.15) is 0 Å². The summed E-state index contributed by atoms with van der Waals surface area (Å²) in [7, 11) is 0. The van der Waals surface area contributed by atoms with Gasteiger partial charge in [0.1, 0.15) is 5.82 Å². The Kier molecular flexibility index (Phi) is 2.19. The highest BCUT2D eigenvalue weighted by Gasteiger charge is 2.02. The minimum atomic E-state index is -0.242. The predicted octanol–water partition coefficient (Wildman–Crippen LogP) is 2.88. The van der Waals surface area contributed by atoms with Crippen molar-refractivity contribution >= 4 is 5.69 Å². The number of halogens is 1. The zero-order chi connectivity index (χ0) is 9.97. The molecule has 0 atom stereocenters. The Bertz CT molecular complexity index is 434. The van der Waals surface area contributed by atoms with Crippen LogP contribution in [0, 0.1) is 11.9 Å². The number of hydrogen-bond acceptors (Lipinski definition) is 1. The Morgan fingerprint density at radius 1 is 1.07 bits per heavy atom. The van der Waals surface area contributed by atoms with Crippen LogP contribution in [0.5, 0.6) is 0 Å². The summed E-state index contributed by atoms with van der Waals surface area (Å²) in [5.41, 5.74) is 7.58. The van der Waals surface area contributed by atoms with Gasteiger partial charge in [-0.2, -0.15) is 0 Å². The highest BCUT2D eigenvalue weighted by atomic mass is 19.1. The molecule has 0 saturated heterocycles. The zero-order valence-electron chi connectivity index (χ0n) is 7.50. The maximum absolute atomic E-state index is 13.3. The van der Waals surface area contributed by atoms with Crippen molar-refractivity contribution in [2.24, 2.45) is 0 Å². The molecule has 0 heterocycles. The summed E-state index contributed by atoms with van der Waals surface area (Å²) in [5.74, 6) is -0.242. The lowest BCUT2D eigenvalue weighted by atomic mass is 10.1. The minimum Gasteiger partial charge on any atom is -0.399 e. The van der Waals surface area contributed by atoms with Crippen molar-refractivity contribution in [2.45, 2.75) is 0 Å². The van der Waals surface area contributed by atoms with Crippen LogP contribution in [0.15, 0.2) is 42.5 Å². The van der Waals surface area contributed by atoms with Gasteiger partial charge in [0, 0.05) is 11.3 Å². The van der Waals surface area contributed by atoms with Crippen LogP contribution >= 0.6 is 0 Å². The molecule has 0 aliphatic carbocycles. The van der Waals surface area contributed by atoms with Crippen LogP contribution in [0.3, 0.4) is 0 Å². The summed E-state index contributed by atoms with van der Waals surface area (Å²) in [6.45, 7) is 0. The van der Waals surface area contributed by atoms with E-state index in [0.29, 0.717) is 11.3 Å². The van der Waals surface area contributed by atoms with E-state index in [1.807, 2.05) is 0 Å². The molecule has 2 N–H and O–H groups in total. The number of anilines is 1. The van der Waals surface area contributed by atoms with Crippen molar-refractivity contribution in [3.05, 3.63) is 54.3 Å². The molecule has 69 valence electrons. The quantitative estimate of drug-likeness (QED) is 0.681. The third kappa shape index (κ3) is 1.59. The van der Waals surface area contributed by atoms with E-state index in [-0.39, 0.29) is 5.82 Å². The van der Waals surface area contributed by atoms with E-state index in [1.165, 1.54) is 6.07 Å². The number of nitrogens with two attached hydrogens (primary N) is 1. The van der Waals surface area contributed by atoms with E-state index < -0.39 is 0 Å². The first-order chi connectivity index (χ1) is 6.77. The van der Waals surface area contributed by atoms with E-state index in [1.54, 1.807) is 36.4 Å². The lowest BCUT2D eigenvalue weighted by Gasteiger charge is -2.02. The maximum Gasteiger partial charge on any atom is 0.131 e. The molecule has 0 aliphatic rings. The second-order valence-electron chi connectivity index (χ2n) is 3.03. The van der Waals surface area contributed by atoms with E-state index in [4.69, 9.17) is 5.73 Å². The van der Waals surface area contributed by atoms with Crippen LogP contribution in [-0.2, 0) is 0 Å². The molecule has 0 fully saturated rings. The molecule has 2 rings (SSSR count). The molecule has 2 heteroatoms. The molecule has 0 unspecified atom stereocenters. The second-order valence-corrected chi connectivity index (χ2v) is 3.03. The van der Waals surface area contributed by atoms with E-state index >= 15 is 0 Å². The average Bonchev–Trinajstić information content (AvgIpc) is 2.20.